The molecule has 0 saturated heterocycles. The number of hydrogen-bond acceptors (Lipinski definition) is 5. The Morgan fingerprint density at radius 1 is 1.15 bits per heavy atom. The number of para-hydroxylation sites is 1. The van der Waals surface area contributed by atoms with Gasteiger partial charge in [-0.1, -0.05) is 36.4 Å². The van der Waals surface area contributed by atoms with Crippen molar-refractivity contribution < 1.29 is 13.2 Å². The van der Waals surface area contributed by atoms with Crippen LogP contribution in [0.5, 0.6) is 5.75 Å². The number of fused-ring (bicyclic) bond motifs is 1. The second kappa shape index (κ2) is 6.89. The number of sulfonamides is 1. The number of nitrogens with one attached hydrogen (secondary N) is 1. The molecule has 134 valence electrons. The van der Waals surface area contributed by atoms with Gasteiger partial charge in [-0.3, -0.25) is 0 Å². The molecule has 8 heteroatoms. The van der Waals surface area contributed by atoms with Crippen LogP contribution in [-0.4, -0.2) is 29.8 Å². The summed E-state index contributed by atoms with van der Waals surface area (Å²) in [4.78, 5) is 4.15. The summed E-state index contributed by atoms with van der Waals surface area (Å²) in [5.74, 6) is 0.724. The van der Waals surface area contributed by atoms with Gasteiger partial charge in [-0.15, -0.1) is 0 Å². The summed E-state index contributed by atoms with van der Waals surface area (Å²) >= 11 is 0. The number of aromatic nitrogens is 3. The van der Waals surface area contributed by atoms with Crippen LogP contribution in [0.15, 0.2) is 66.1 Å². The molecule has 0 spiro atoms. The van der Waals surface area contributed by atoms with Gasteiger partial charge in [-0.25, -0.2) is 22.8 Å². The molecule has 1 aliphatic rings. The zero-order valence-corrected chi connectivity index (χ0v) is 14.8. The molecule has 0 aliphatic carbocycles. The van der Waals surface area contributed by atoms with E-state index in [-0.39, 0.29) is 10.9 Å². The van der Waals surface area contributed by atoms with Crippen LogP contribution >= 0.6 is 0 Å². The van der Waals surface area contributed by atoms with Gasteiger partial charge in [0.2, 0.25) is 10.0 Å². The Bertz CT molecular complexity index is 1000. The molecule has 0 unspecified atom stereocenters. The highest BCUT2D eigenvalue weighted by atomic mass is 32.2. The summed E-state index contributed by atoms with van der Waals surface area (Å²) in [7, 11) is -3.70. The van der Waals surface area contributed by atoms with Crippen molar-refractivity contribution in [3.05, 3.63) is 72.3 Å². The zero-order chi connectivity index (χ0) is 18.0. The molecule has 4 rings (SSSR count). The molecule has 1 N–H and O–H groups in total. The molecule has 7 nitrogen and oxygen atoms in total. The standard InChI is InChI=1S/C18H18N4O3S/c23-26(24,21-16-9-10-25-17-7-3-2-6-15(16)17)18-8-4-1-5-14(18)11-22-13-19-12-20-22/h1-8,12-13,16,21H,9-11H2/t16-/m1/s1. The third-order valence-corrected chi connectivity index (χ3v) is 5.89. The zero-order valence-electron chi connectivity index (χ0n) is 13.9. The molecule has 0 amide bonds. The fraction of sp³-hybridized carbons (Fsp3) is 0.222. The maximum Gasteiger partial charge on any atom is 0.241 e. The van der Waals surface area contributed by atoms with Gasteiger partial charge in [0.1, 0.15) is 18.4 Å². The van der Waals surface area contributed by atoms with Crippen LogP contribution in [0, 0.1) is 0 Å². The van der Waals surface area contributed by atoms with Crippen LogP contribution in [0.25, 0.3) is 0 Å². The van der Waals surface area contributed by atoms with Crippen molar-refractivity contribution in [2.45, 2.75) is 23.9 Å². The number of benzene rings is 2. The Morgan fingerprint density at radius 3 is 2.81 bits per heavy atom. The molecular formula is C18H18N4O3S. The summed E-state index contributed by atoms with van der Waals surface area (Å²) in [5, 5.41) is 4.05. The minimum Gasteiger partial charge on any atom is -0.493 e. The first-order chi connectivity index (χ1) is 12.6. The van der Waals surface area contributed by atoms with E-state index in [1.54, 1.807) is 29.2 Å². The molecule has 0 saturated carbocycles. The summed E-state index contributed by atoms with van der Waals surface area (Å²) in [5.41, 5.74) is 1.52. The highest BCUT2D eigenvalue weighted by Gasteiger charge is 2.27. The molecule has 0 radical (unpaired) electrons. The molecule has 3 aromatic rings. The summed E-state index contributed by atoms with van der Waals surface area (Å²) < 4.78 is 36.2. The summed E-state index contributed by atoms with van der Waals surface area (Å²) in [6.45, 7) is 0.812. The second-order valence-electron chi connectivity index (χ2n) is 6.05. The smallest absolute Gasteiger partial charge is 0.241 e. The highest BCUT2D eigenvalue weighted by molar-refractivity contribution is 7.89. The minimum atomic E-state index is -3.70. The van der Waals surface area contributed by atoms with E-state index in [4.69, 9.17) is 4.74 Å². The Kier molecular flexibility index (Phi) is 4.44. The monoisotopic (exact) mass is 370 g/mol. The van der Waals surface area contributed by atoms with Crippen molar-refractivity contribution in [1.29, 1.82) is 0 Å². The van der Waals surface area contributed by atoms with Gasteiger partial charge < -0.3 is 4.74 Å². The van der Waals surface area contributed by atoms with E-state index in [0.717, 1.165) is 11.3 Å². The molecule has 0 bridgehead atoms. The SMILES string of the molecule is O=S(=O)(N[C@@H]1CCOc2ccccc21)c1ccccc1Cn1cncn1. The van der Waals surface area contributed by atoms with Crippen molar-refractivity contribution in [2.75, 3.05) is 6.61 Å². The van der Waals surface area contributed by atoms with Crippen LogP contribution in [-0.2, 0) is 16.6 Å². The molecule has 26 heavy (non-hydrogen) atoms. The van der Waals surface area contributed by atoms with Crippen molar-refractivity contribution >= 4 is 10.0 Å². The maximum absolute atomic E-state index is 13.1. The predicted octanol–water partition coefficient (Wildman–Crippen LogP) is 2.13. The topological polar surface area (TPSA) is 86.1 Å². The highest BCUT2D eigenvalue weighted by Crippen LogP contribution is 2.33. The summed E-state index contributed by atoms with van der Waals surface area (Å²) in [6, 6.07) is 14.1. The third kappa shape index (κ3) is 3.33. The lowest BCUT2D eigenvalue weighted by Gasteiger charge is -2.26. The van der Waals surface area contributed by atoms with Gasteiger partial charge in [0.25, 0.3) is 0 Å². The first kappa shape index (κ1) is 16.7. The molecule has 2 aromatic carbocycles. The Labute approximate surface area is 151 Å². The van der Waals surface area contributed by atoms with Gasteiger partial charge in [0, 0.05) is 12.0 Å². The number of rotatable bonds is 5. The van der Waals surface area contributed by atoms with Gasteiger partial charge in [-0.05, 0) is 17.7 Å². The van der Waals surface area contributed by atoms with Crippen molar-refractivity contribution in [1.82, 2.24) is 19.5 Å². The van der Waals surface area contributed by atoms with Gasteiger partial charge in [-0.2, -0.15) is 5.10 Å². The van der Waals surface area contributed by atoms with Crippen LogP contribution in [0.1, 0.15) is 23.6 Å². The Balaban J connectivity index is 1.64. The lowest BCUT2D eigenvalue weighted by Crippen LogP contribution is -2.32. The summed E-state index contributed by atoms with van der Waals surface area (Å²) in [6.07, 6.45) is 3.57. The Morgan fingerprint density at radius 2 is 1.96 bits per heavy atom. The van der Waals surface area contributed by atoms with E-state index in [9.17, 15) is 8.42 Å². The number of hydrogen-bond donors (Lipinski definition) is 1. The fourth-order valence-corrected chi connectivity index (χ4v) is 4.58. The molecule has 1 aromatic heterocycles. The van der Waals surface area contributed by atoms with Crippen molar-refractivity contribution in [3.63, 3.8) is 0 Å². The molecule has 2 heterocycles. The van der Waals surface area contributed by atoms with E-state index in [1.807, 2.05) is 30.3 Å². The van der Waals surface area contributed by atoms with E-state index >= 15 is 0 Å². The Hall–Kier alpha value is -2.71. The van der Waals surface area contributed by atoms with E-state index in [0.29, 0.717) is 25.1 Å². The van der Waals surface area contributed by atoms with Gasteiger partial charge in [0.15, 0.2) is 0 Å². The van der Waals surface area contributed by atoms with Crippen molar-refractivity contribution in [3.8, 4) is 5.75 Å². The van der Waals surface area contributed by atoms with E-state index in [2.05, 4.69) is 14.8 Å². The molecule has 0 fully saturated rings. The predicted molar refractivity (Wildman–Crippen MR) is 95.2 cm³/mol. The van der Waals surface area contributed by atoms with Crippen LogP contribution in [0.3, 0.4) is 0 Å². The van der Waals surface area contributed by atoms with Gasteiger partial charge >= 0.3 is 0 Å². The largest absolute Gasteiger partial charge is 0.493 e. The average molecular weight is 370 g/mol. The number of ether oxygens (including phenoxy) is 1. The maximum atomic E-state index is 13.1. The average Bonchev–Trinajstić information content (AvgIpc) is 3.15. The lowest BCUT2D eigenvalue weighted by atomic mass is 10.0. The van der Waals surface area contributed by atoms with Crippen molar-refractivity contribution in [2.24, 2.45) is 0 Å². The second-order valence-corrected chi connectivity index (χ2v) is 7.73. The number of nitrogens with zero attached hydrogens (tertiary/aromatic N) is 3. The quantitative estimate of drug-likeness (QED) is 0.744. The third-order valence-electron chi connectivity index (χ3n) is 4.32. The van der Waals surface area contributed by atoms with E-state index in [1.165, 1.54) is 6.33 Å². The van der Waals surface area contributed by atoms with E-state index < -0.39 is 10.0 Å². The van der Waals surface area contributed by atoms with Crippen LogP contribution in [0.2, 0.25) is 0 Å². The molecular weight excluding hydrogens is 352 g/mol. The molecule has 1 aliphatic heterocycles. The minimum absolute atomic E-state index is 0.250. The first-order valence-electron chi connectivity index (χ1n) is 8.28. The van der Waals surface area contributed by atoms with Gasteiger partial charge in [0.05, 0.1) is 24.1 Å². The fourth-order valence-electron chi connectivity index (χ4n) is 3.10. The molecule has 1 atom stereocenters. The first-order valence-corrected chi connectivity index (χ1v) is 9.76. The van der Waals surface area contributed by atoms with Crippen LogP contribution in [0.4, 0.5) is 0 Å². The van der Waals surface area contributed by atoms with Crippen LogP contribution < -0.4 is 9.46 Å². The normalized spacial score (nSPS) is 16.7. The lowest BCUT2D eigenvalue weighted by molar-refractivity contribution is 0.263.